The van der Waals surface area contributed by atoms with Crippen molar-refractivity contribution in [1.82, 2.24) is 0 Å². The summed E-state index contributed by atoms with van der Waals surface area (Å²) in [5.74, 6) is 0. The van der Waals surface area contributed by atoms with Gasteiger partial charge in [0.1, 0.15) is 0 Å². The zero-order valence-corrected chi connectivity index (χ0v) is 12.7. The zero-order chi connectivity index (χ0) is 13.7. The van der Waals surface area contributed by atoms with E-state index < -0.39 is 0 Å². The highest BCUT2D eigenvalue weighted by atomic mass is 35.5. The van der Waals surface area contributed by atoms with Crippen molar-refractivity contribution < 1.29 is 0 Å². The van der Waals surface area contributed by atoms with Crippen LogP contribution in [0.3, 0.4) is 0 Å². The summed E-state index contributed by atoms with van der Waals surface area (Å²) >= 11 is 12.1. The molecule has 1 aromatic carbocycles. The first-order valence-electron chi connectivity index (χ1n) is 7.05. The van der Waals surface area contributed by atoms with Crippen molar-refractivity contribution in [3.8, 4) is 0 Å². The standard InChI is InChI=1S/C16H21Cl2N/c17-14-9-8-13(15(18)11-14)10-16(19)12-6-4-2-1-3-5-7-12/h6,8-9,11,16H,1-5,7,10,19H2/b12-6+. The van der Waals surface area contributed by atoms with E-state index in [9.17, 15) is 0 Å². The van der Waals surface area contributed by atoms with Crippen molar-refractivity contribution in [2.45, 2.75) is 51.0 Å². The number of hydrogen-bond acceptors (Lipinski definition) is 1. The van der Waals surface area contributed by atoms with Gasteiger partial charge in [0.25, 0.3) is 0 Å². The molecule has 3 heteroatoms. The predicted octanol–water partition coefficient (Wildman–Crippen LogP) is 5.14. The van der Waals surface area contributed by atoms with Crippen LogP contribution in [0.4, 0.5) is 0 Å². The third-order valence-corrected chi connectivity index (χ3v) is 4.34. The molecule has 1 aliphatic carbocycles. The molecule has 0 spiro atoms. The van der Waals surface area contributed by atoms with E-state index >= 15 is 0 Å². The molecule has 19 heavy (non-hydrogen) atoms. The van der Waals surface area contributed by atoms with Gasteiger partial charge in [-0.2, -0.15) is 0 Å². The van der Waals surface area contributed by atoms with Crippen LogP contribution in [0.5, 0.6) is 0 Å². The van der Waals surface area contributed by atoms with Crippen molar-refractivity contribution in [1.29, 1.82) is 0 Å². The Bertz CT molecular complexity index is 454. The molecular weight excluding hydrogens is 277 g/mol. The molecule has 1 nitrogen and oxygen atoms in total. The predicted molar refractivity (Wildman–Crippen MR) is 83.9 cm³/mol. The number of nitrogens with two attached hydrogens (primary N) is 1. The van der Waals surface area contributed by atoms with E-state index in [1.54, 1.807) is 6.07 Å². The van der Waals surface area contributed by atoms with Gasteiger partial charge in [0.15, 0.2) is 0 Å². The Labute approximate surface area is 125 Å². The van der Waals surface area contributed by atoms with Crippen LogP contribution in [0.15, 0.2) is 29.8 Å². The van der Waals surface area contributed by atoms with E-state index in [1.807, 2.05) is 12.1 Å². The molecule has 0 saturated heterocycles. The van der Waals surface area contributed by atoms with E-state index in [4.69, 9.17) is 28.9 Å². The Morgan fingerprint density at radius 2 is 1.89 bits per heavy atom. The average Bonchev–Trinajstić information content (AvgIpc) is 2.32. The summed E-state index contributed by atoms with van der Waals surface area (Å²) in [7, 11) is 0. The first kappa shape index (κ1) is 14.9. The van der Waals surface area contributed by atoms with Gasteiger partial charge in [-0.05, 0) is 49.8 Å². The van der Waals surface area contributed by atoms with Crippen molar-refractivity contribution in [2.75, 3.05) is 0 Å². The third-order valence-electron chi connectivity index (χ3n) is 3.76. The Morgan fingerprint density at radius 3 is 2.68 bits per heavy atom. The molecule has 0 aromatic heterocycles. The minimum absolute atomic E-state index is 0.0803. The fourth-order valence-electron chi connectivity index (χ4n) is 2.61. The van der Waals surface area contributed by atoms with Gasteiger partial charge in [-0.15, -0.1) is 0 Å². The van der Waals surface area contributed by atoms with Crippen molar-refractivity contribution in [3.63, 3.8) is 0 Å². The van der Waals surface area contributed by atoms with Crippen LogP contribution >= 0.6 is 23.2 Å². The number of benzene rings is 1. The van der Waals surface area contributed by atoms with Crippen LogP contribution < -0.4 is 5.73 Å². The lowest BCUT2D eigenvalue weighted by Crippen LogP contribution is -2.26. The molecule has 1 aliphatic rings. The molecule has 104 valence electrons. The summed E-state index contributed by atoms with van der Waals surface area (Å²) in [4.78, 5) is 0. The lowest BCUT2D eigenvalue weighted by molar-refractivity contribution is 0.594. The van der Waals surface area contributed by atoms with E-state index in [0.717, 1.165) is 29.8 Å². The van der Waals surface area contributed by atoms with Crippen LogP contribution in [-0.4, -0.2) is 6.04 Å². The summed E-state index contributed by atoms with van der Waals surface area (Å²) in [6, 6.07) is 5.73. The summed E-state index contributed by atoms with van der Waals surface area (Å²) in [5.41, 5.74) is 8.83. The number of halogens is 2. The smallest absolute Gasteiger partial charge is 0.0453 e. The van der Waals surface area contributed by atoms with Gasteiger partial charge < -0.3 is 5.73 Å². The third kappa shape index (κ3) is 4.52. The zero-order valence-electron chi connectivity index (χ0n) is 11.2. The fourth-order valence-corrected chi connectivity index (χ4v) is 3.09. The molecule has 0 aliphatic heterocycles. The normalized spacial score (nSPS) is 21.1. The lowest BCUT2D eigenvalue weighted by Gasteiger charge is -2.19. The van der Waals surface area contributed by atoms with Gasteiger partial charge in [-0.25, -0.2) is 0 Å². The summed E-state index contributed by atoms with van der Waals surface area (Å²) in [5, 5.41) is 1.39. The van der Waals surface area contributed by atoms with Gasteiger partial charge in [-0.1, -0.05) is 53.8 Å². The van der Waals surface area contributed by atoms with Crippen LogP contribution in [0.1, 0.15) is 44.1 Å². The van der Waals surface area contributed by atoms with E-state index in [2.05, 4.69) is 6.08 Å². The summed E-state index contributed by atoms with van der Waals surface area (Å²) in [6.45, 7) is 0. The molecule has 1 aromatic rings. The SMILES string of the molecule is NC(Cc1ccc(Cl)cc1Cl)/C1=C/CCCCCC1. The lowest BCUT2D eigenvalue weighted by atomic mass is 9.92. The molecule has 2 rings (SSSR count). The molecule has 0 heterocycles. The minimum atomic E-state index is 0.0803. The van der Waals surface area contributed by atoms with Crippen LogP contribution in [-0.2, 0) is 6.42 Å². The highest BCUT2D eigenvalue weighted by Crippen LogP contribution is 2.25. The topological polar surface area (TPSA) is 26.0 Å². The molecule has 1 unspecified atom stereocenters. The van der Waals surface area contributed by atoms with E-state index in [0.29, 0.717) is 5.02 Å². The first-order chi connectivity index (χ1) is 9.16. The van der Waals surface area contributed by atoms with Gasteiger partial charge in [0.05, 0.1) is 0 Å². The fraction of sp³-hybridized carbons (Fsp3) is 0.500. The molecule has 0 bridgehead atoms. The molecule has 0 fully saturated rings. The Kier molecular flexibility index (Phi) is 5.75. The molecule has 0 amide bonds. The number of allylic oxidation sites excluding steroid dienone is 1. The maximum Gasteiger partial charge on any atom is 0.0453 e. The quantitative estimate of drug-likeness (QED) is 0.768. The Balaban J connectivity index is 2.04. The van der Waals surface area contributed by atoms with Gasteiger partial charge in [0, 0.05) is 16.1 Å². The second-order valence-electron chi connectivity index (χ2n) is 5.28. The summed E-state index contributed by atoms with van der Waals surface area (Å²) in [6.07, 6.45) is 10.7. The summed E-state index contributed by atoms with van der Waals surface area (Å²) < 4.78 is 0. The van der Waals surface area contributed by atoms with Gasteiger partial charge >= 0.3 is 0 Å². The maximum atomic E-state index is 6.35. The highest BCUT2D eigenvalue weighted by Gasteiger charge is 2.13. The second-order valence-corrected chi connectivity index (χ2v) is 6.12. The molecular formula is C16H21Cl2N. The van der Waals surface area contributed by atoms with Crippen LogP contribution in [0.25, 0.3) is 0 Å². The average molecular weight is 298 g/mol. The van der Waals surface area contributed by atoms with Gasteiger partial charge in [0.2, 0.25) is 0 Å². The largest absolute Gasteiger partial charge is 0.324 e. The molecule has 0 saturated carbocycles. The number of hydrogen-bond donors (Lipinski definition) is 1. The Morgan fingerprint density at radius 1 is 1.11 bits per heavy atom. The molecule has 2 N–H and O–H groups in total. The van der Waals surface area contributed by atoms with E-state index in [1.165, 1.54) is 31.3 Å². The molecule has 1 atom stereocenters. The van der Waals surface area contributed by atoms with Crippen molar-refractivity contribution in [3.05, 3.63) is 45.5 Å². The monoisotopic (exact) mass is 297 g/mol. The maximum absolute atomic E-state index is 6.35. The Hall–Kier alpha value is -0.500. The van der Waals surface area contributed by atoms with E-state index in [-0.39, 0.29) is 6.04 Å². The van der Waals surface area contributed by atoms with Gasteiger partial charge in [-0.3, -0.25) is 0 Å². The van der Waals surface area contributed by atoms with Crippen LogP contribution in [0, 0.1) is 0 Å². The minimum Gasteiger partial charge on any atom is -0.324 e. The van der Waals surface area contributed by atoms with Crippen molar-refractivity contribution in [2.24, 2.45) is 5.73 Å². The molecule has 0 radical (unpaired) electrons. The second kappa shape index (κ2) is 7.33. The number of rotatable bonds is 3. The van der Waals surface area contributed by atoms with Crippen molar-refractivity contribution >= 4 is 23.2 Å². The van der Waals surface area contributed by atoms with Crippen LogP contribution in [0.2, 0.25) is 10.0 Å². The highest BCUT2D eigenvalue weighted by molar-refractivity contribution is 6.35. The first-order valence-corrected chi connectivity index (χ1v) is 7.81.